The smallest absolute Gasteiger partial charge is 0.256 e. The fourth-order valence-corrected chi connectivity index (χ4v) is 1.58. The Morgan fingerprint density at radius 2 is 1.80 bits per heavy atom. The molecule has 0 fully saturated rings. The van der Waals surface area contributed by atoms with Crippen LogP contribution in [0, 0.1) is 0 Å². The molecule has 0 saturated heterocycles. The summed E-state index contributed by atoms with van der Waals surface area (Å²) in [6.07, 6.45) is 2.03. The van der Waals surface area contributed by atoms with E-state index in [-0.39, 0.29) is 11.8 Å². The number of amides is 2. The van der Waals surface area contributed by atoms with Gasteiger partial charge in [-0.25, -0.2) is 4.98 Å². The third-order valence-electron chi connectivity index (χ3n) is 2.66. The SMILES string of the molecule is CCC(=O)Nc1ccc(C(=O)Nc2ccccn2)cc1. The maximum Gasteiger partial charge on any atom is 0.256 e. The molecule has 0 aliphatic rings. The average molecular weight is 269 g/mol. The van der Waals surface area contributed by atoms with Crippen LogP contribution < -0.4 is 10.6 Å². The second-order valence-corrected chi connectivity index (χ2v) is 4.15. The van der Waals surface area contributed by atoms with Gasteiger partial charge in [0.1, 0.15) is 5.82 Å². The number of hydrogen-bond acceptors (Lipinski definition) is 3. The minimum atomic E-state index is -0.239. The Hall–Kier alpha value is -2.69. The van der Waals surface area contributed by atoms with E-state index in [9.17, 15) is 9.59 Å². The summed E-state index contributed by atoms with van der Waals surface area (Å²) in [6, 6.07) is 12.0. The van der Waals surface area contributed by atoms with Gasteiger partial charge in [-0.1, -0.05) is 13.0 Å². The first-order chi connectivity index (χ1) is 9.69. The number of pyridine rings is 1. The normalized spacial score (nSPS) is 9.85. The van der Waals surface area contributed by atoms with Crippen LogP contribution in [0.5, 0.6) is 0 Å². The molecule has 0 saturated carbocycles. The number of benzene rings is 1. The van der Waals surface area contributed by atoms with E-state index >= 15 is 0 Å². The van der Waals surface area contributed by atoms with Gasteiger partial charge in [0.05, 0.1) is 0 Å². The van der Waals surface area contributed by atoms with Crippen molar-refractivity contribution < 1.29 is 9.59 Å². The number of hydrogen-bond donors (Lipinski definition) is 2. The molecular weight excluding hydrogens is 254 g/mol. The summed E-state index contributed by atoms with van der Waals surface area (Å²) < 4.78 is 0. The summed E-state index contributed by atoms with van der Waals surface area (Å²) in [6.45, 7) is 1.78. The molecule has 5 heteroatoms. The minimum Gasteiger partial charge on any atom is -0.326 e. The predicted molar refractivity (Wildman–Crippen MR) is 77.6 cm³/mol. The van der Waals surface area contributed by atoms with E-state index in [1.807, 2.05) is 0 Å². The lowest BCUT2D eigenvalue weighted by molar-refractivity contribution is -0.115. The van der Waals surface area contributed by atoms with E-state index < -0.39 is 0 Å². The molecular formula is C15H15N3O2. The molecule has 102 valence electrons. The molecule has 2 amide bonds. The summed E-state index contributed by atoms with van der Waals surface area (Å²) in [7, 11) is 0. The maximum absolute atomic E-state index is 12.0. The number of aromatic nitrogens is 1. The van der Waals surface area contributed by atoms with E-state index in [1.165, 1.54) is 0 Å². The minimum absolute atomic E-state index is 0.0595. The Balaban J connectivity index is 2.02. The number of nitrogens with zero attached hydrogens (tertiary/aromatic N) is 1. The molecule has 0 atom stereocenters. The van der Waals surface area contributed by atoms with Crippen LogP contribution in [0.3, 0.4) is 0 Å². The van der Waals surface area contributed by atoms with Crippen molar-refractivity contribution in [3.05, 3.63) is 54.2 Å². The summed E-state index contributed by atoms with van der Waals surface area (Å²) in [5, 5.41) is 5.42. The van der Waals surface area contributed by atoms with Crippen LogP contribution in [0.25, 0.3) is 0 Å². The van der Waals surface area contributed by atoms with Gasteiger partial charge in [0.15, 0.2) is 0 Å². The Morgan fingerprint density at radius 1 is 1.05 bits per heavy atom. The highest BCUT2D eigenvalue weighted by atomic mass is 16.2. The van der Waals surface area contributed by atoms with Gasteiger partial charge < -0.3 is 10.6 Å². The Morgan fingerprint density at radius 3 is 2.40 bits per heavy atom. The third kappa shape index (κ3) is 3.65. The van der Waals surface area contributed by atoms with Crippen LogP contribution >= 0.6 is 0 Å². The largest absolute Gasteiger partial charge is 0.326 e. The van der Waals surface area contributed by atoms with Gasteiger partial charge in [-0.15, -0.1) is 0 Å². The molecule has 0 spiro atoms. The van der Waals surface area contributed by atoms with E-state index in [4.69, 9.17) is 0 Å². The quantitative estimate of drug-likeness (QED) is 0.896. The first kappa shape index (κ1) is 13.7. The molecule has 2 rings (SSSR count). The van der Waals surface area contributed by atoms with Crippen molar-refractivity contribution in [2.24, 2.45) is 0 Å². The fraction of sp³-hybridized carbons (Fsp3) is 0.133. The maximum atomic E-state index is 12.0. The molecule has 2 aromatic rings. The van der Waals surface area contributed by atoms with E-state index in [2.05, 4.69) is 15.6 Å². The number of carbonyl (C=O) groups excluding carboxylic acids is 2. The van der Waals surface area contributed by atoms with Gasteiger partial charge in [0.25, 0.3) is 5.91 Å². The molecule has 1 aromatic carbocycles. The zero-order chi connectivity index (χ0) is 14.4. The predicted octanol–water partition coefficient (Wildman–Crippen LogP) is 2.68. The van der Waals surface area contributed by atoms with E-state index in [0.717, 1.165) is 0 Å². The van der Waals surface area contributed by atoms with Crippen LogP contribution in [0.2, 0.25) is 0 Å². The van der Waals surface area contributed by atoms with Crippen LogP contribution in [-0.2, 0) is 4.79 Å². The van der Waals surface area contributed by atoms with Crippen LogP contribution in [-0.4, -0.2) is 16.8 Å². The number of rotatable bonds is 4. The Kier molecular flexibility index (Phi) is 4.44. The highest BCUT2D eigenvalue weighted by Crippen LogP contribution is 2.11. The van der Waals surface area contributed by atoms with Gasteiger partial charge in [0.2, 0.25) is 5.91 Å². The summed E-state index contributed by atoms with van der Waals surface area (Å²) in [5.74, 6) is 0.202. The number of anilines is 2. The van der Waals surface area contributed by atoms with E-state index in [0.29, 0.717) is 23.5 Å². The number of carbonyl (C=O) groups is 2. The van der Waals surface area contributed by atoms with Crippen molar-refractivity contribution in [2.45, 2.75) is 13.3 Å². The van der Waals surface area contributed by atoms with Crippen molar-refractivity contribution in [3.8, 4) is 0 Å². The molecule has 0 aliphatic carbocycles. The summed E-state index contributed by atoms with van der Waals surface area (Å²) in [4.78, 5) is 27.2. The van der Waals surface area contributed by atoms with Crippen LogP contribution in [0.15, 0.2) is 48.7 Å². The van der Waals surface area contributed by atoms with Crippen LogP contribution in [0.1, 0.15) is 23.7 Å². The van der Waals surface area contributed by atoms with Crippen molar-refractivity contribution in [1.82, 2.24) is 4.98 Å². The highest BCUT2D eigenvalue weighted by Gasteiger charge is 2.06. The van der Waals surface area contributed by atoms with E-state index in [1.54, 1.807) is 55.6 Å². The fourth-order valence-electron chi connectivity index (χ4n) is 1.58. The molecule has 2 N–H and O–H groups in total. The molecule has 0 radical (unpaired) electrons. The standard InChI is InChI=1S/C15H15N3O2/c1-2-14(19)17-12-8-6-11(7-9-12)15(20)18-13-5-3-4-10-16-13/h3-10H,2H2,1H3,(H,17,19)(H,16,18,20). The topological polar surface area (TPSA) is 71.1 Å². The second kappa shape index (κ2) is 6.47. The molecule has 0 aliphatic heterocycles. The molecule has 1 aromatic heterocycles. The lowest BCUT2D eigenvalue weighted by Gasteiger charge is -2.06. The Bertz CT molecular complexity index is 594. The van der Waals surface area contributed by atoms with Gasteiger partial charge in [-0.05, 0) is 36.4 Å². The van der Waals surface area contributed by atoms with Crippen molar-refractivity contribution in [1.29, 1.82) is 0 Å². The van der Waals surface area contributed by atoms with Gasteiger partial charge in [0, 0.05) is 23.9 Å². The monoisotopic (exact) mass is 269 g/mol. The molecule has 1 heterocycles. The van der Waals surface area contributed by atoms with Gasteiger partial charge in [-0.3, -0.25) is 9.59 Å². The third-order valence-corrected chi connectivity index (χ3v) is 2.66. The molecule has 20 heavy (non-hydrogen) atoms. The van der Waals surface area contributed by atoms with Gasteiger partial charge in [-0.2, -0.15) is 0 Å². The van der Waals surface area contributed by atoms with Crippen LogP contribution in [0.4, 0.5) is 11.5 Å². The lowest BCUT2D eigenvalue weighted by Crippen LogP contribution is -2.13. The highest BCUT2D eigenvalue weighted by molar-refractivity contribution is 6.04. The van der Waals surface area contributed by atoms with Gasteiger partial charge >= 0.3 is 0 Å². The Labute approximate surface area is 117 Å². The zero-order valence-electron chi connectivity index (χ0n) is 11.1. The molecule has 5 nitrogen and oxygen atoms in total. The lowest BCUT2D eigenvalue weighted by atomic mass is 10.2. The summed E-state index contributed by atoms with van der Waals surface area (Å²) in [5.41, 5.74) is 1.18. The average Bonchev–Trinajstić information content (AvgIpc) is 2.49. The van der Waals surface area contributed by atoms with Crippen molar-refractivity contribution in [2.75, 3.05) is 10.6 Å². The first-order valence-electron chi connectivity index (χ1n) is 6.31. The van der Waals surface area contributed by atoms with Crippen molar-refractivity contribution in [3.63, 3.8) is 0 Å². The molecule has 0 bridgehead atoms. The van der Waals surface area contributed by atoms with Crippen molar-refractivity contribution >= 4 is 23.3 Å². The first-order valence-corrected chi connectivity index (χ1v) is 6.31. The zero-order valence-corrected chi connectivity index (χ0v) is 11.1. The second-order valence-electron chi connectivity index (χ2n) is 4.15. The number of nitrogens with one attached hydrogen (secondary N) is 2. The summed E-state index contributed by atoms with van der Waals surface area (Å²) >= 11 is 0. The molecule has 0 unspecified atom stereocenters.